The molecule has 0 bridgehead atoms. The van der Waals surface area contributed by atoms with E-state index in [9.17, 15) is 35.4 Å². The van der Waals surface area contributed by atoms with Gasteiger partial charge in [0.1, 0.15) is 49.3 Å². The van der Waals surface area contributed by atoms with Crippen molar-refractivity contribution in [3.63, 3.8) is 0 Å². The van der Waals surface area contributed by atoms with Crippen molar-refractivity contribution >= 4 is 5.97 Å². The first-order chi connectivity index (χ1) is 23.3. The third-order valence-corrected chi connectivity index (χ3v) is 14.4. The van der Waals surface area contributed by atoms with Crippen molar-refractivity contribution in [1.29, 1.82) is 0 Å². The number of carbonyl (C=O) groups is 1. The minimum atomic E-state index is -1.63. The highest BCUT2D eigenvalue weighted by Gasteiger charge is 2.68. The average molecular weight is 697 g/mol. The van der Waals surface area contributed by atoms with E-state index in [0.29, 0.717) is 18.4 Å². The Morgan fingerprint density at radius 1 is 0.857 bits per heavy atom. The lowest BCUT2D eigenvalue weighted by Gasteiger charge is -2.64. The summed E-state index contributed by atoms with van der Waals surface area (Å²) in [5.41, 5.74) is -0.00574. The molecule has 3 heterocycles. The Hall–Kier alpha value is -1.23. The van der Waals surface area contributed by atoms with Crippen LogP contribution in [0.15, 0.2) is 11.6 Å². The number of rotatable bonds is 7. The molecule has 4 saturated carbocycles. The van der Waals surface area contributed by atoms with Crippen molar-refractivity contribution in [3.8, 4) is 0 Å². The van der Waals surface area contributed by atoms with Gasteiger partial charge in [0.25, 0.3) is 0 Å². The molecule has 0 amide bonds. The lowest BCUT2D eigenvalue weighted by Crippen LogP contribution is -2.65. The molecule has 0 radical (unpaired) electrons. The number of hydrogen-bond acceptors (Lipinski definition) is 13. The summed E-state index contributed by atoms with van der Waals surface area (Å²) in [5, 5.41) is 64.5. The number of esters is 1. The van der Waals surface area contributed by atoms with Gasteiger partial charge in [0.2, 0.25) is 0 Å². The first-order valence-corrected chi connectivity index (χ1v) is 18.3. The minimum absolute atomic E-state index is 0.0296. The van der Waals surface area contributed by atoms with Crippen LogP contribution >= 0.6 is 0 Å². The zero-order chi connectivity index (χ0) is 35.0. The third-order valence-electron chi connectivity index (χ3n) is 14.4. The highest BCUT2D eigenvalue weighted by Crippen LogP contribution is 2.70. The molecule has 0 aromatic rings. The van der Waals surface area contributed by atoms with Crippen molar-refractivity contribution in [2.45, 2.75) is 152 Å². The van der Waals surface area contributed by atoms with Crippen LogP contribution in [0.5, 0.6) is 0 Å². The molecule has 7 aliphatic rings. The van der Waals surface area contributed by atoms with E-state index >= 15 is 0 Å². The number of cyclic esters (lactones) is 1. The summed E-state index contributed by atoms with van der Waals surface area (Å²) in [7, 11) is 1.44. The largest absolute Gasteiger partial charge is 0.458 e. The molecule has 0 spiro atoms. The SMILES string of the molecule is CO[C@@H]1[C@@H](O)[C@H](C)O[C@H](O[C@H]2CC[C@@]3(C)[C@@H](CC[C@@H]4[C@@H]3CC[C@]3(C)[C@H](C5=CC(=O)OC5)CC[C@]43O)C2)[C@H]1O[C@H]1O[C@@H](CO)[C@H](O)[C@@H](O)[C@@H]1O. The monoisotopic (exact) mass is 696 g/mol. The molecule has 4 aliphatic carbocycles. The molecule has 278 valence electrons. The fourth-order valence-electron chi connectivity index (χ4n) is 11.5. The van der Waals surface area contributed by atoms with Crippen LogP contribution in [0, 0.1) is 34.5 Å². The summed E-state index contributed by atoms with van der Waals surface area (Å²) >= 11 is 0. The van der Waals surface area contributed by atoms with Gasteiger partial charge in [-0.25, -0.2) is 4.79 Å². The summed E-state index contributed by atoms with van der Waals surface area (Å²) in [4.78, 5) is 11.9. The summed E-state index contributed by atoms with van der Waals surface area (Å²) in [6, 6.07) is 0. The van der Waals surface area contributed by atoms with E-state index in [-0.39, 0.29) is 34.7 Å². The fourth-order valence-corrected chi connectivity index (χ4v) is 11.5. The maximum Gasteiger partial charge on any atom is 0.331 e. The molecule has 13 heteroatoms. The molecular formula is C36H56O13. The van der Waals surface area contributed by atoms with Gasteiger partial charge in [-0.15, -0.1) is 0 Å². The molecule has 3 aliphatic heterocycles. The van der Waals surface area contributed by atoms with Crippen molar-refractivity contribution in [2.75, 3.05) is 20.3 Å². The summed E-state index contributed by atoms with van der Waals surface area (Å²) in [6.45, 7) is 6.10. The number of fused-ring (bicyclic) bond motifs is 5. The fraction of sp³-hybridized carbons (Fsp3) is 0.917. The highest BCUT2D eigenvalue weighted by molar-refractivity contribution is 5.85. The zero-order valence-corrected chi connectivity index (χ0v) is 29.1. The Labute approximate surface area is 287 Å². The highest BCUT2D eigenvalue weighted by atomic mass is 16.8. The Bertz CT molecular complexity index is 1260. The van der Waals surface area contributed by atoms with Gasteiger partial charge in [0.15, 0.2) is 12.6 Å². The van der Waals surface area contributed by atoms with Crippen LogP contribution in [0.4, 0.5) is 0 Å². The predicted molar refractivity (Wildman–Crippen MR) is 170 cm³/mol. The van der Waals surface area contributed by atoms with Crippen LogP contribution in [0.25, 0.3) is 0 Å². The number of ether oxygens (including phenoxy) is 6. The maximum absolute atomic E-state index is 12.6. The van der Waals surface area contributed by atoms with Gasteiger partial charge in [0.05, 0.1) is 24.4 Å². The molecular weight excluding hydrogens is 640 g/mol. The predicted octanol–water partition coefficient (Wildman–Crippen LogP) is 0.934. The first-order valence-electron chi connectivity index (χ1n) is 18.3. The van der Waals surface area contributed by atoms with Crippen LogP contribution in [0.1, 0.15) is 78.6 Å². The van der Waals surface area contributed by atoms with Crippen molar-refractivity contribution < 1.29 is 63.9 Å². The Balaban J connectivity index is 1.05. The van der Waals surface area contributed by atoms with E-state index in [4.69, 9.17) is 28.4 Å². The Kier molecular flexibility index (Phi) is 9.82. The number of aliphatic hydroxyl groups excluding tert-OH is 5. The molecule has 6 fully saturated rings. The van der Waals surface area contributed by atoms with Crippen LogP contribution in [0.2, 0.25) is 0 Å². The number of carbonyl (C=O) groups excluding carboxylic acids is 1. The number of methoxy groups -OCH3 is 1. The smallest absolute Gasteiger partial charge is 0.331 e. The molecule has 0 aromatic carbocycles. The quantitative estimate of drug-likeness (QED) is 0.163. The van der Waals surface area contributed by atoms with Gasteiger partial charge >= 0.3 is 5.97 Å². The topological polar surface area (TPSA) is 194 Å². The number of aliphatic hydroxyl groups is 6. The van der Waals surface area contributed by atoms with Crippen LogP contribution in [-0.4, -0.2) is 130 Å². The van der Waals surface area contributed by atoms with Crippen LogP contribution < -0.4 is 0 Å². The second-order valence-corrected chi connectivity index (χ2v) is 16.5. The molecule has 7 rings (SSSR count). The second kappa shape index (κ2) is 13.3. The first kappa shape index (κ1) is 36.1. The minimum Gasteiger partial charge on any atom is -0.458 e. The van der Waals surface area contributed by atoms with E-state index in [1.54, 1.807) is 13.0 Å². The Morgan fingerprint density at radius 2 is 1.63 bits per heavy atom. The molecule has 0 aromatic heterocycles. The van der Waals surface area contributed by atoms with Crippen molar-refractivity contribution in [3.05, 3.63) is 11.6 Å². The van der Waals surface area contributed by atoms with Crippen molar-refractivity contribution in [1.82, 2.24) is 0 Å². The second-order valence-electron chi connectivity index (χ2n) is 16.5. The number of hydrogen-bond donors (Lipinski definition) is 6. The molecule has 18 atom stereocenters. The standard InChI is InChI=1S/C36H56O13/c1-17-26(39)30(44-4)31(49-32-29(42)28(41)27(40)24(15-37)48-32)33(46-17)47-20-7-10-34(2)19(14-20)5-6-23-22(34)8-11-35(3)21(9-12-36(23,35)43)18-13-25(38)45-16-18/h13,17,19-24,26-33,37,39-43H,5-12,14-16H2,1-4H3/t17-,19-,20-,21-,22-,23+,24-,26-,27-,28+,29-,30+,31-,32+,33+,34-,35+,36-/m0/s1. The van der Waals surface area contributed by atoms with E-state index in [1.807, 2.05) is 0 Å². The van der Waals surface area contributed by atoms with Crippen molar-refractivity contribution in [2.24, 2.45) is 34.5 Å². The van der Waals surface area contributed by atoms with E-state index < -0.39 is 73.6 Å². The van der Waals surface area contributed by atoms with E-state index in [0.717, 1.165) is 63.4 Å². The van der Waals surface area contributed by atoms with E-state index in [1.165, 1.54) is 7.11 Å². The van der Waals surface area contributed by atoms with Gasteiger partial charge < -0.3 is 59.1 Å². The lowest BCUT2D eigenvalue weighted by atomic mass is 9.43. The van der Waals surface area contributed by atoms with Gasteiger partial charge in [-0.05, 0) is 99.4 Å². The summed E-state index contributed by atoms with van der Waals surface area (Å²) in [6.07, 6.45) is -2.68. The van der Waals surface area contributed by atoms with Gasteiger partial charge in [-0.1, -0.05) is 13.8 Å². The molecule has 2 saturated heterocycles. The van der Waals surface area contributed by atoms with Gasteiger partial charge in [-0.2, -0.15) is 0 Å². The average Bonchev–Trinajstić information content (AvgIpc) is 3.62. The molecule has 0 unspecified atom stereocenters. The third kappa shape index (κ3) is 5.74. The van der Waals surface area contributed by atoms with Crippen LogP contribution in [0.3, 0.4) is 0 Å². The van der Waals surface area contributed by atoms with E-state index in [2.05, 4.69) is 13.8 Å². The Morgan fingerprint density at radius 3 is 2.33 bits per heavy atom. The molecule has 6 N–H and O–H groups in total. The summed E-state index contributed by atoms with van der Waals surface area (Å²) < 4.78 is 35.5. The summed E-state index contributed by atoms with van der Waals surface area (Å²) in [5.74, 6) is 0.821. The normalized spacial score (nSPS) is 54.4. The lowest BCUT2D eigenvalue weighted by molar-refractivity contribution is -0.372. The molecule has 13 nitrogen and oxygen atoms in total. The maximum atomic E-state index is 12.6. The van der Waals surface area contributed by atoms with Gasteiger partial charge in [-0.3, -0.25) is 0 Å². The zero-order valence-electron chi connectivity index (χ0n) is 29.1. The van der Waals surface area contributed by atoms with Gasteiger partial charge in [0, 0.05) is 18.6 Å². The molecule has 49 heavy (non-hydrogen) atoms. The van der Waals surface area contributed by atoms with Crippen LogP contribution in [-0.2, 0) is 33.2 Å².